The maximum atomic E-state index is 12.6. The highest BCUT2D eigenvalue weighted by atomic mass is 19.1. The standard InChI is InChI=1S/C10H10FNO/c1-7(2)3-10(13)8-4-9(11)6-12-5-8/h3-6H,1-2H3. The van der Waals surface area contributed by atoms with Gasteiger partial charge in [0.2, 0.25) is 0 Å². The van der Waals surface area contributed by atoms with E-state index in [1.807, 2.05) is 13.8 Å². The SMILES string of the molecule is CC(C)=CC(=O)c1cncc(F)c1. The molecule has 3 heteroatoms. The molecule has 1 rings (SSSR count). The molecule has 1 aromatic rings. The summed E-state index contributed by atoms with van der Waals surface area (Å²) in [6.07, 6.45) is 3.88. The monoisotopic (exact) mass is 179 g/mol. The molecule has 0 spiro atoms. The van der Waals surface area contributed by atoms with E-state index in [2.05, 4.69) is 4.98 Å². The van der Waals surface area contributed by atoms with Crippen LogP contribution in [0.5, 0.6) is 0 Å². The second kappa shape index (κ2) is 3.94. The van der Waals surface area contributed by atoms with E-state index in [1.54, 1.807) is 0 Å². The lowest BCUT2D eigenvalue weighted by Gasteiger charge is -1.95. The average Bonchev–Trinajstić information content (AvgIpc) is 2.03. The fourth-order valence-electron chi connectivity index (χ4n) is 0.892. The normalized spacial score (nSPS) is 9.46. The summed E-state index contributed by atoms with van der Waals surface area (Å²) in [5.74, 6) is -0.708. The number of ketones is 1. The summed E-state index contributed by atoms with van der Waals surface area (Å²) in [6.45, 7) is 3.62. The van der Waals surface area contributed by atoms with Crippen molar-refractivity contribution in [3.8, 4) is 0 Å². The number of carbonyl (C=O) groups is 1. The maximum Gasteiger partial charge on any atom is 0.187 e. The first-order valence-corrected chi connectivity index (χ1v) is 3.89. The molecule has 0 saturated heterocycles. The van der Waals surface area contributed by atoms with E-state index in [0.29, 0.717) is 0 Å². The Bertz CT molecular complexity index is 354. The topological polar surface area (TPSA) is 30.0 Å². The number of pyridine rings is 1. The lowest BCUT2D eigenvalue weighted by molar-refractivity contribution is 0.104. The molecule has 0 amide bonds. The van der Waals surface area contributed by atoms with Crippen molar-refractivity contribution in [3.05, 3.63) is 41.5 Å². The van der Waals surface area contributed by atoms with Crippen LogP contribution in [0.15, 0.2) is 30.1 Å². The number of carbonyl (C=O) groups excluding carboxylic acids is 1. The highest BCUT2D eigenvalue weighted by Gasteiger charge is 2.03. The Morgan fingerprint density at radius 3 is 2.69 bits per heavy atom. The van der Waals surface area contributed by atoms with Crippen LogP contribution in [0.1, 0.15) is 24.2 Å². The molecule has 2 nitrogen and oxygen atoms in total. The second-order valence-corrected chi connectivity index (χ2v) is 2.98. The lowest BCUT2D eigenvalue weighted by atomic mass is 10.1. The molecule has 0 unspecified atom stereocenters. The zero-order chi connectivity index (χ0) is 9.84. The Morgan fingerprint density at radius 2 is 2.15 bits per heavy atom. The fraction of sp³-hybridized carbons (Fsp3) is 0.200. The Balaban J connectivity index is 2.96. The van der Waals surface area contributed by atoms with Gasteiger partial charge < -0.3 is 0 Å². The summed E-state index contributed by atoms with van der Waals surface area (Å²) in [5.41, 5.74) is 1.16. The van der Waals surface area contributed by atoms with Crippen molar-refractivity contribution in [2.45, 2.75) is 13.8 Å². The molecule has 0 aromatic carbocycles. The average molecular weight is 179 g/mol. The molecule has 0 aliphatic rings. The summed E-state index contributed by atoms with van der Waals surface area (Å²) < 4.78 is 12.6. The molecule has 1 aromatic heterocycles. The van der Waals surface area contributed by atoms with Gasteiger partial charge in [0.15, 0.2) is 5.78 Å². The van der Waals surface area contributed by atoms with Gasteiger partial charge >= 0.3 is 0 Å². The van der Waals surface area contributed by atoms with Gasteiger partial charge in [-0.2, -0.15) is 0 Å². The van der Waals surface area contributed by atoms with Gasteiger partial charge in [0.05, 0.1) is 6.20 Å². The zero-order valence-corrected chi connectivity index (χ0v) is 7.54. The first-order chi connectivity index (χ1) is 6.09. The van der Waals surface area contributed by atoms with Crippen LogP contribution < -0.4 is 0 Å². The molecule has 0 radical (unpaired) electrons. The minimum absolute atomic E-state index is 0.216. The third-order valence-electron chi connectivity index (χ3n) is 1.41. The Morgan fingerprint density at radius 1 is 1.46 bits per heavy atom. The summed E-state index contributed by atoms with van der Waals surface area (Å²) >= 11 is 0. The lowest BCUT2D eigenvalue weighted by Crippen LogP contribution is -1.96. The third-order valence-corrected chi connectivity index (χ3v) is 1.41. The molecule has 0 aliphatic heterocycles. The van der Waals surface area contributed by atoms with Crippen molar-refractivity contribution < 1.29 is 9.18 Å². The number of aromatic nitrogens is 1. The highest BCUT2D eigenvalue weighted by molar-refractivity contribution is 6.04. The van der Waals surface area contributed by atoms with Gasteiger partial charge in [-0.3, -0.25) is 9.78 Å². The molecular weight excluding hydrogens is 169 g/mol. The Labute approximate surface area is 76.1 Å². The van der Waals surface area contributed by atoms with Crippen LogP contribution in [-0.4, -0.2) is 10.8 Å². The maximum absolute atomic E-state index is 12.6. The van der Waals surface area contributed by atoms with Crippen LogP contribution in [-0.2, 0) is 0 Å². The number of rotatable bonds is 2. The Hall–Kier alpha value is -1.51. The number of halogens is 1. The van der Waals surface area contributed by atoms with Crippen LogP contribution in [0, 0.1) is 5.82 Å². The summed E-state index contributed by atoms with van der Waals surface area (Å²) in [7, 11) is 0. The van der Waals surface area contributed by atoms with Gasteiger partial charge in [-0.15, -0.1) is 0 Å². The molecule has 0 atom stereocenters. The molecule has 68 valence electrons. The van der Waals surface area contributed by atoms with Crippen molar-refractivity contribution in [2.75, 3.05) is 0 Å². The van der Waals surface area contributed by atoms with Crippen molar-refractivity contribution in [3.63, 3.8) is 0 Å². The zero-order valence-electron chi connectivity index (χ0n) is 7.54. The molecule has 1 heterocycles. The predicted octanol–water partition coefficient (Wildman–Crippen LogP) is 2.37. The molecular formula is C10H10FNO. The van der Waals surface area contributed by atoms with Crippen LogP contribution >= 0.6 is 0 Å². The van der Waals surface area contributed by atoms with Gasteiger partial charge in [0.25, 0.3) is 0 Å². The van der Waals surface area contributed by atoms with Gasteiger partial charge in [0, 0.05) is 11.8 Å². The molecule has 13 heavy (non-hydrogen) atoms. The van der Waals surface area contributed by atoms with Crippen LogP contribution in [0.2, 0.25) is 0 Å². The first kappa shape index (κ1) is 9.58. The Kier molecular flexibility index (Phi) is 2.90. The number of hydrogen-bond acceptors (Lipinski definition) is 2. The summed E-state index contributed by atoms with van der Waals surface area (Å²) in [4.78, 5) is 14.9. The molecule has 0 fully saturated rings. The largest absolute Gasteiger partial charge is 0.289 e. The predicted molar refractivity (Wildman–Crippen MR) is 48.0 cm³/mol. The van der Waals surface area contributed by atoms with Crippen molar-refractivity contribution in [2.24, 2.45) is 0 Å². The van der Waals surface area contributed by atoms with E-state index in [4.69, 9.17) is 0 Å². The quantitative estimate of drug-likeness (QED) is 0.515. The van der Waals surface area contributed by atoms with Crippen molar-refractivity contribution in [1.29, 1.82) is 0 Å². The van der Waals surface area contributed by atoms with E-state index in [9.17, 15) is 9.18 Å². The first-order valence-electron chi connectivity index (χ1n) is 3.89. The van der Waals surface area contributed by atoms with Gasteiger partial charge in [0.1, 0.15) is 5.82 Å². The summed E-state index contributed by atoms with van der Waals surface area (Å²) in [5, 5.41) is 0. The molecule has 0 aliphatic carbocycles. The smallest absolute Gasteiger partial charge is 0.187 e. The fourth-order valence-corrected chi connectivity index (χ4v) is 0.892. The van der Waals surface area contributed by atoms with Crippen LogP contribution in [0.25, 0.3) is 0 Å². The van der Waals surface area contributed by atoms with Crippen molar-refractivity contribution >= 4 is 5.78 Å². The van der Waals surface area contributed by atoms with E-state index in [0.717, 1.165) is 11.8 Å². The molecule has 0 saturated carbocycles. The molecule has 0 bridgehead atoms. The summed E-state index contributed by atoms with van der Waals surface area (Å²) in [6, 6.07) is 1.18. The number of nitrogens with zero attached hydrogens (tertiary/aromatic N) is 1. The van der Waals surface area contributed by atoms with Gasteiger partial charge in [-0.25, -0.2) is 4.39 Å². The van der Waals surface area contributed by atoms with Crippen LogP contribution in [0.3, 0.4) is 0 Å². The second-order valence-electron chi connectivity index (χ2n) is 2.98. The molecule has 0 N–H and O–H groups in total. The van der Waals surface area contributed by atoms with Crippen LogP contribution in [0.4, 0.5) is 4.39 Å². The van der Waals surface area contributed by atoms with Crippen molar-refractivity contribution in [1.82, 2.24) is 4.98 Å². The van der Waals surface area contributed by atoms with E-state index in [-0.39, 0.29) is 11.3 Å². The minimum Gasteiger partial charge on any atom is -0.289 e. The van der Waals surface area contributed by atoms with E-state index in [1.165, 1.54) is 18.3 Å². The van der Waals surface area contributed by atoms with Gasteiger partial charge in [-0.1, -0.05) is 5.57 Å². The van der Waals surface area contributed by atoms with Gasteiger partial charge in [-0.05, 0) is 26.0 Å². The van der Waals surface area contributed by atoms with E-state index >= 15 is 0 Å². The van der Waals surface area contributed by atoms with E-state index < -0.39 is 5.82 Å². The minimum atomic E-state index is -0.493. The number of allylic oxidation sites excluding steroid dienone is 2. The third kappa shape index (κ3) is 2.78. The highest BCUT2D eigenvalue weighted by Crippen LogP contribution is 2.04. The number of hydrogen-bond donors (Lipinski definition) is 0.